The summed E-state index contributed by atoms with van der Waals surface area (Å²) < 4.78 is 0. The van der Waals surface area contributed by atoms with E-state index in [0.29, 0.717) is 18.1 Å². The quantitative estimate of drug-likeness (QED) is 0.787. The first-order valence-corrected chi connectivity index (χ1v) is 4.76. The van der Waals surface area contributed by atoms with E-state index in [1.165, 1.54) is 0 Å². The fraction of sp³-hybridized carbons (Fsp3) is 0.300. The first-order chi connectivity index (χ1) is 6.74. The normalized spacial score (nSPS) is 9.86. The third-order valence-electron chi connectivity index (χ3n) is 1.77. The predicted octanol–water partition coefficient (Wildman–Crippen LogP) is 1.18. The maximum Gasteiger partial charge on any atom is 0.234 e. The minimum atomic E-state index is -0.0348. The van der Waals surface area contributed by atoms with Crippen molar-refractivity contribution in [3.63, 3.8) is 0 Å². The Balaban J connectivity index is 2.46. The van der Waals surface area contributed by atoms with Gasteiger partial charge in [0.2, 0.25) is 5.91 Å². The van der Waals surface area contributed by atoms with Gasteiger partial charge < -0.3 is 10.6 Å². The van der Waals surface area contributed by atoms with E-state index in [2.05, 4.69) is 10.6 Å². The maximum atomic E-state index is 11.1. The van der Waals surface area contributed by atoms with Crippen molar-refractivity contribution in [2.24, 2.45) is 0 Å². The van der Waals surface area contributed by atoms with E-state index in [0.717, 1.165) is 5.56 Å². The summed E-state index contributed by atoms with van der Waals surface area (Å²) in [5.41, 5.74) is 0.929. The Kier molecular flexibility index (Phi) is 4.43. The Hall–Kier alpha value is -1.06. The van der Waals surface area contributed by atoms with Crippen LogP contribution in [-0.2, 0) is 11.3 Å². The van der Waals surface area contributed by atoms with Gasteiger partial charge in [-0.05, 0) is 18.7 Å². The van der Waals surface area contributed by atoms with E-state index in [-0.39, 0.29) is 5.91 Å². The minimum Gasteiger partial charge on any atom is -0.351 e. The van der Waals surface area contributed by atoms with Crippen LogP contribution >= 0.6 is 11.6 Å². The highest BCUT2D eigenvalue weighted by Crippen LogP contribution is 2.13. The number of carbonyl (C=O) groups is 1. The number of likely N-dealkylation sites (N-methyl/N-ethyl adjacent to an activating group) is 1. The number of carbonyl (C=O) groups excluding carboxylic acids is 1. The molecule has 1 aromatic rings. The van der Waals surface area contributed by atoms with Gasteiger partial charge in [-0.25, -0.2) is 0 Å². The Morgan fingerprint density at radius 2 is 2.14 bits per heavy atom. The van der Waals surface area contributed by atoms with E-state index in [1.54, 1.807) is 13.1 Å². The molecule has 1 aromatic carbocycles. The lowest BCUT2D eigenvalue weighted by Crippen LogP contribution is -2.31. The van der Waals surface area contributed by atoms with Crippen molar-refractivity contribution in [3.05, 3.63) is 34.9 Å². The van der Waals surface area contributed by atoms with Gasteiger partial charge in [-0.15, -0.1) is 0 Å². The molecule has 0 saturated heterocycles. The van der Waals surface area contributed by atoms with Gasteiger partial charge in [0, 0.05) is 11.6 Å². The van der Waals surface area contributed by atoms with Crippen molar-refractivity contribution in [2.45, 2.75) is 6.54 Å². The standard InChI is InChI=1S/C10H13ClN2O/c1-12-7-10(14)13-6-8-4-2-3-5-9(8)11/h2-5,12H,6-7H2,1H3,(H,13,14). The van der Waals surface area contributed by atoms with Crippen LogP contribution in [0.1, 0.15) is 5.56 Å². The lowest BCUT2D eigenvalue weighted by molar-refractivity contribution is -0.120. The van der Waals surface area contributed by atoms with Crippen molar-refractivity contribution in [3.8, 4) is 0 Å². The van der Waals surface area contributed by atoms with Gasteiger partial charge in [-0.1, -0.05) is 29.8 Å². The second-order valence-corrected chi connectivity index (χ2v) is 3.31. The molecule has 0 aliphatic rings. The van der Waals surface area contributed by atoms with Crippen LogP contribution in [-0.4, -0.2) is 19.5 Å². The first-order valence-electron chi connectivity index (χ1n) is 4.38. The zero-order valence-electron chi connectivity index (χ0n) is 8.01. The molecule has 0 atom stereocenters. The maximum absolute atomic E-state index is 11.1. The molecule has 0 bridgehead atoms. The van der Waals surface area contributed by atoms with Gasteiger partial charge in [0.1, 0.15) is 0 Å². The Morgan fingerprint density at radius 3 is 2.79 bits per heavy atom. The Morgan fingerprint density at radius 1 is 1.43 bits per heavy atom. The average Bonchev–Trinajstić information content (AvgIpc) is 2.17. The van der Waals surface area contributed by atoms with Gasteiger partial charge in [-0.3, -0.25) is 4.79 Å². The molecule has 0 fully saturated rings. The summed E-state index contributed by atoms with van der Waals surface area (Å²) >= 11 is 5.92. The number of halogens is 1. The van der Waals surface area contributed by atoms with Gasteiger partial charge >= 0.3 is 0 Å². The summed E-state index contributed by atoms with van der Waals surface area (Å²) in [5, 5.41) is 6.21. The van der Waals surface area contributed by atoms with Crippen LogP contribution in [0.15, 0.2) is 24.3 Å². The highest BCUT2D eigenvalue weighted by Gasteiger charge is 2.01. The summed E-state index contributed by atoms with van der Waals surface area (Å²) in [6.07, 6.45) is 0. The molecule has 14 heavy (non-hydrogen) atoms. The van der Waals surface area contributed by atoms with Crippen molar-refractivity contribution >= 4 is 17.5 Å². The number of rotatable bonds is 4. The summed E-state index contributed by atoms with van der Waals surface area (Å²) in [6.45, 7) is 0.796. The average molecular weight is 213 g/mol. The fourth-order valence-corrected chi connectivity index (χ4v) is 1.26. The molecule has 76 valence electrons. The summed E-state index contributed by atoms with van der Waals surface area (Å²) in [6, 6.07) is 7.45. The fourth-order valence-electron chi connectivity index (χ4n) is 1.06. The topological polar surface area (TPSA) is 41.1 Å². The monoisotopic (exact) mass is 212 g/mol. The van der Waals surface area contributed by atoms with E-state index >= 15 is 0 Å². The lowest BCUT2D eigenvalue weighted by atomic mass is 10.2. The molecular weight excluding hydrogens is 200 g/mol. The number of benzene rings is 1. The zero-order valence-corrected chi connectivity index (χ0v) is 8.77. The van der Waals surface area contributed by atoms with Crippen LogP contribution < -0.4 is 10.6 Å². The van der Waals surface area contributed by atoms with Crippen LogP contribution in [0.5, 0.6) is 0 Å². The molecule has 0 unspecified atom stereocenters. The molecule has 0 radical (unpaired) electrons. The second kappa shape index (κ2) is 5.62. The van der Waals surface area contributed by atoms with Gasteiger partial charge in [-0.2, -0.15) is 0 Å². The Bertz CT molecular complexity index is 315. The van der Waals surface area contributed by atoms with Gasteiger partial charge in [0.25, 0.3) is 0 Å². The zero-order chi connectivity index (χ0) is 10.4. The SMILES string of the molecule is CNCC(=O)NCc1ccccc1Cl. The highest BCUT2D eigenvalue weighted by molar-refractivity contribution is 6.31. The van der Waals surface area contributed by atoms with E-state index in [9.17, 15) is 4.79 Å². The Labute approximate surface area is 88.5 Å². The molecule has 0 aliphatic heterocycles. The predicted molar refractivity (Wildman–Crippen MR) is 57.2 cm³/mol. The van der Waals surface area contributed by atoms with Crippen molar-refractivity contribution in [1.82, 2.24) is 10.6 Å². The van der Waals surface area contributed by atoms with E-state index in [4.69, 9.17) is 11.6 Å². The minimum absolute atomic E-state index is 0.0348. The molecule has 1 amide bonds. The molecule has 2 N–H and O–H groups in total. The summed E-state index contributed by atoms with van der Waals surface area (Å²) in [4.78, 5) is 11.1. The van der Waals surface area contributed by atoms with Crippen molar-refractivity contribution in [2.75, 3.05) is 13.6 Å². The molecular formula is C10H13ClN2O. The number of hydrogen-bond acceptors (Lipinski definition) is 2. The largest absolute Gasteiger partial charge is 0.351 e. The highest BCUT2D eigenvalue weighted by atomic mass is 35.5. The van der Waals surface area contributed by atoms with E-state index in [1.807, 2.05) is 18.2 Å². The van der Waals surface area contributed by atoms with Gasteiger partial charge in [0.15, 0.2) is 0 Å². The molecule has 0 heterocycles. The molecule has 4 heteroatoms. The number of amides is 1. The van der Waals surface area contributed by atoms with Crippen LogP contribution in [0.4, 0.5) is 0 Å². The molecule has 0 saturated carbocycles. The first kappa shape index (κ1) is 11.0. The van der Waals surface area contributed by atoms with Crippen LogP contribution in [0.2, 0.25) is 5.02 Å². The smallest absolute Gasteiger partial charge is 0.234 e. The molecule has 0 spiro atoms. The molecule has 0 aliphatic carbocycles. The third kappa shape index (κ3) is 3.36. The van der Waals surface area contributed by atoms with Gasteiger partial charge in [0.05, 0.1) is 6.54 Å². The second-order valence-electron chi connectivity index (χ2n) is 2.90. The van der Waals surface area contributed by atoms with Crippen LogP contribution in [0.3, 0.4) is 0 Å². The van der Waals surface area contributed by atoms with Crippen LogP contribution in [0.25, 0.3) is 0 Å². The number of nitrogens with one attached hydrogen (secondary N) is 2. The third-order valence-corrected chi connectivity index (χ3v) is 2.14. The van der Waals surface area contributed by atoms with Crippen LogP contribution in [0, 0.1) is 0 Å². The van der Waals surface area contributed by atoms with E-state index < -0.39 is 0 Å². The molecule has 1 rings (SSSR count). The lowest BCUT2D eigenvalue weighted by Gasteiger charge is -2.05. The molecule has 0 aromatic heterocycles. The van der Waals surface area contributed by atoms with Crippen molar-refractivity contribution < 1.29 is 4.79 Å². The molecule has 3 nitrogen and oxygen atoms in total. The van der Waals surface area contributed by atoms with Crippen molar-refractivity contribution in [1.29, 1.82) is 0 Å². The number of hydrogen-bond donors (Lipinski definition) is 2. The summed E-state index contributed by atoms with van der Waals surface area (Å²) in [5.74, 6) is -0.0348. The summed E-state index contributed by atoms with van der Waals surface area (Å²) in [7, 11) is 1.73.